The summed E-state index contributed by atoms with van der Waals surface area (Å²) in [6.07, 6.45) is 28.9. The summed E-state index contributed by atoms with van der Waals surface area (Å²) in [7, 11) is 5.95. The van der Waals surface area contributed by atoms with Crippen molar-refractivity contribution in [2.75, 3.05) is 47.5 Å². The molecule has 2 unspecified atom stereocenters. The highest BCUT2D eigenvalue weighted by Crippen LogP contribution is 2.15. The molecule has 296 valence electrons. The molecule has 0 amide bonds. The van der Waals surface area contributed by atoms with Crippen molar-refractivity contribution in [2.24, 2.45) is 0 Å². The average molecular weight is 715 g/mol. The van der Waals surface area contributed by atoms with Gasteiger partial charge in [-0.25, -0.2) is 4.79 Å². The Kier molecular flexibility index (Phi) is 33.2. The lowest BCUT2D eigenvalue weighted by Gasteiger charge is -2.25. The number of aliphatic carboxylic acids is 1. The number of carbonyl (C=O) groups excluding carboxylic acids is 2. The largest absolute Gasteiger partial charge is 0.477 e. The van der Waals surface area contributed by atoms with E-state index in [1.54, 1.807) is 0 Å². The lowest BCUT2D eigenvalue weighted by atomic mass is 10.0. The van der Waals surface area contributed by atoms with Crippen molar-refractivity contribution in [1.29, 1.82) is 0 Å². The molecule has 0 saturated carbocycles. The molecule has 50 heavy (non-hydrogen) atoms. The Balaban J connectivity index is 4.33. The first-order chi connectivity index (χ1) is 24.1. The molecule has 0 aromatic rings. The van der Waals surface area contributed by atoms with Crippen LogP contribution in [0.2, 0.25) is 0 Å². The maximum Gasteiger partial charge on any atom is 0.361 e. The standard InChI is InChI=1S/C41H79NO8/c1-6-8-10-12-14-15-16-17-18-19-20-21-22-23-24-26-28-30-32-39(44)50-37(35-48-38(43)31-29-27-25-13-11-9-7-2)36-49-41(40(45)46)47-34-33-42(3,4)5/h37,41H,6-36H2,1-5H3/p+1. The number of carbonyl (C=O) groups is 3. The van der Waals surface area contributed by atoms with Gasteiger partial charge in [0, 0.05) is 12.8 Å². The Bertz CT molecular complexity index is 800. The van der Waals surface area contributed by atoms with E-state index in [9.17, 15) is 19.5 Å². The Labute approximate surface area is 307 Å². The third-order valence-electron chi connectivity index (χ3n) is 9.11. The Hall–Kier alpha value is -1.71. The summed E-state index contributed by atoms with van der Waals surface area (Å²) in [5.41, 5.74) is 0. The highest BCUT2D eigenvalue weighted by Gasteiger charge is 2.25. The van der Waals surface area contributed by atoms with Crippen LogP contribution in [0, 0.1) is 0 Å². The SMILES string of the molecule is CCCCCCCCCCCCCCCCCCCCC(=O)OC(COC(=O)CCCCCCCCC)COC(OCC[N+](C)(C)C)C(=O)O. The van der Waals surface area contributed by atoms with Gasteiger partial charge in [0.25, 0.3) is 6.29 Å². The highest BCUT2D eigenvalue weighted by atomic mass is 16.7. The van der Waals surface area contributed by atoms with Crippen molar-refractivity contribution in [2.45, 2.75) is 200 Å². The predicted octanol–water partition coefficient (Wildman–Crippen LogP) is 10.2. The van der Waals surface area contributed by atoms with Crippen LogP contribution in [0.1, 0.15) is 187 Å². The maximum absolute atomic E-state index is 12.7. The fourth-order valence-electron chi connectivity index (χ4n) is 5.84. The van der Waals surface area contributed by atoms with Gasteiger partial charge in [-0.2, -0.15) is 0 Å². The minimum Gasteiger partial charge on any atom is -0.477 e. The van der Waals surface area contributed by atoms with E-state index >= 15 is 0 Å². The van der Waals surface area contributed by atoms with Crippen molar-refractivity contribution in [3.05, 3.63) is 0 Å². The van der Waals surface area contributed by atoms with E-state index in [1.165, 1.54) is 122 Å². The Morgan fingerprint density at radius 2 is 0.900 bits per heavy atom. The predicted molar refractivity (Wildman–Crippen MR) is 203 cm³/mol. The quantitative estimate of drug-likeness (QED) is 0.0291. The second-order valence-corrected chi connectivity index (χ2v) is 15.3. The molecule has 0 bridgehead atoms. The zero-order chi connectivity index (χ0) is 37.1. The molecule has 9 nitrogen and oxygen atoms in total. The van der Waals surface area contributed by atoms with Crippen LogP contribution >= 0.6 is 0 Å². The molecule has 0 aromatic carbocycles. The van der Waals surface area contributed by atoms with Gasteiger partial charge in [0.05, 0.1) is 34.4 Å². The van der Waals surface area contributed by atoms with Crippen molar-refractivity contribution >= 4 is 17.9 Å². The van der Waals surface area contributed by atoms with Gasteiger partial charge < -0.3 is 28.5 Å². The van der Waals surface area contributed by atoms with Crippen LogP contribution in [0.5, 0.6) is 0 Å². The molecule has 0 heterocycles. The second-order valence-electron chi connectivity index (χ2n) is 15.3. The van der Waals surface area contributed by atoms with Crippen LogP contribution in [0.15, 0.2) is 0 Å². The van der Waals surface area contributed by atoms with Crippen LogP contribution in [0.4, 0.5) is 0 Å². The smallest absolute Gasteiger partial charge is 0.361 e. The van der Waals surface area contributed by atoms with Crippen molar-refractivity contribution < 1.29 is 42.9 Å². The number of hydrogen-bond donors (Lipinski definition) is 1. The van der Waals surface area contributed by atoms with Gasteiger partial charge in [0.1, 0.15) is 13.2 Å². The minimum atomic E-state index is -1.50. The van der Waals surface area contributed by atoms with Gasteiger partial charge in [0.15, 0.2) is 6.10 Å². The lowest BCUT2D eigenvalue weighted by Crippen LogP contribution is -2.40. The number of ether oxygens (including phenoxy) is 4. The average Bonchev–Trinajstić information content (AvgIpc) is 3.06. The molecule has 0 radical (unpaired) electrons. The third-order valence-corrected chi connectivity index (χ3v) is 9.11. The molecule has 0 aromatic heterocycles. The van der Waals surface area contributed by atoms with E-state index in [4.69, 9.17) is 18.9 Å². The number of unbranched alkanes of at least 4 members (excludes halogenated alkanes) is 23. The molecule has 0 aliphatic rings. The lowest BCUT2D eigenvalue weighted by molar-refractivity contribution is -0.870. The summed E-state index contributed by atoms with van der Waals surface area (Å²) < 4.78 is 22.6. The topological polar surface area (TPSA) is 108 Å². The van der Waals surface area contributed by atoms with Gasteiger partial charge in [-0.05, 0) is 12.8 Å². The normalized spacial score (nSPS) is 12.9. The second kappa shape index (κ2) is 34.4. The summed E-state index contributed by atoms with van der Waals surface area (Å²) in [5, 5.41) is 9.58. The molecule has 9 heteroatoms. The van der Waals surface area contributed by atoms with E-state index in [2.05, 4.69) is 13.8 Å². The monoisotopic (exact) mass is 715 g/mol. The molecular weight excluding hydrogens is 634 g/mol. The Morgan fingerprint density at radius 1 is 0.520 bits per heavy atom. The van der Waals surface area contributed by atoms with E-state index in [-0.39, 0.29) is 32.2 Å². The molecule has 0 aliphatic carbocycles. The summed E-state index contributed by atoms with van der Waals surface area (Å²) in [4.78, 5) is 36.8. The van der Waals surface area contributed by atoms with Crippen molar-refractivity contribution in [3.8, 4) is 0 Å². The fourth-order valence-corrected chi connectivity index (χ4v) is 5.84. The van der Waals surface area contributed by atoms with Crippen molar-refractivity contribution in [1.82, 2.24) is 0 Å². The summed E-state index contributed by atoms with van der Waals surface area (Å²) in [6.45, 7) is 4.84. The number of carboxylic acids is 1. The number of quaternary nitrogens is 1. The zero-order valence-electron chi connectivity index (χ0n) is 33.3. The van der Waals surface area contributed by atoms with Crippen LogP contribution in [-0.2, 0) is 33.3 Å². The molecule has 0 fully saturated rings. The van der Waals surface area contributed by atoms with Crippen LogP contribution in [0.25, 0.3) is 0 Å². The van der Waals surface area contributed by atoms with Gasteiger partial charge in [-0.1, -0.05) is 162 Å². The third kappa shape index (κ3) is 34.7. The zero-order valence-corrected chi connectivity index (χ0v) is 33.3. The molecule has 0 aliphatic heterocycles. The first-order valence-electron chi connectivity index (χ1n) is 20.7. The molecule has 0 rings (SSSR count). The van der Waals surface area contributed by atoms with Crippen LogP contribution < -0.4 is 0 Å². The number of hydrogen-bond acceptors (Lipinski definition) is 7. The van der Waals surface area contributed by atoms with E-state index in [0.717, 1.165) is 38.5 Å². The number of nitrogens with zero attached hydrogens (tertiary/aromatic N) is 1. The number of esters is 2. The molecular formula is C41H80NO8+. The minimum absolute atomic E-state index is 0.175. The molecule has 2 atom stereocenters. The van der Waals surface area contributed by atoms with Gasteiger partial charge in [0.2, 0.25) is 0 Å². The molecule has 1 N–H and O–H groups in total. The maximum atomic E-state index is 12.7. The number of rotatable bonds is 38. The fraction of sp³-hybridized carbons (Fsp3) is 0.927. The number of carboxylic acid groups (broad SMARTS) is 1. The van der Waals surface area contributed by atoms with Crippen LogP contribution in [-0.4, -0.2) is 87.4 Å². The summed E-state index contributed by atoms with van der Waals surface area (Å²) >= 11 is 0. The first kappa shape index (κ1) is 48.3. The summed E-state index contributed by atoms with van der Waals surface area (Å²) in [6, 6.07) is 0. The first-order valence-corrected chi connectivity index (χ1v) is 20.7. The van der Waals surface area contributed by atoms with E-state index < -0.39 is 24.3 Å². The van der Waals surface area contributed by atoms with Gasteiger partial charge >= 0.3 is 17.9 Å². The van der Waals surface area contributed by atoms with Crippen molar-refractivity contribution in [3.63, 3.8) is 0 Å². The number of likely N-dealkylation sites (N-methyl/N-ethyl adjacent to an activating group) is 1. The highest BCUT2D eigenvalue weighted by molar-refractivity contribution is 5.71. The van der Waals surface area contributed by atoms with Gasteiger partial charge in [-0.15, -0.1) is 0 Å². The summed E-state index contributed by atoms with van der Waals surface area (Å²) in [5.74, 6) is -2.00. The van der Waals surface area contributed by atoms with Crippen LogP contribution in [0.3, 0.4) is 0 Å². The molecule has 0 saturated heterocycles. The van der Waals surface area contributed by atoms with E-state index in [1.807, 2.05) is 21.1 Å². The Morgan fingerprint density at radius 3 is 1.28 bits per heavy atom. The molecule has 0 spiro atoms. The van der Waals surface area contributed by atoms with Gasteiger partial charge in [-0.3, -0.25) is 9.59 Å². The van der Waals surface area contributed by atoms with E-state index in [0.29, 0.717) is 17.4 Å².